The minimum absolute atomic E-state index is 0.241. The number of carbonyl (C=O) groups is 1. The standard InChI is InChI=1S/C6H6.C3H5BrO2/c1-2-4-6-5-3-1;1-6-3(5)2-4/h1-6H;2H2,1H3. The molecule has 1 aromatic rings. The summed E-state index contributed by atoms with van der Waals surface area (Å²) in [6, 6.07) is 12.0. The first-order valence-corrected chi connectivity index (χ1v) is 4.56. The zero-order valence-corrected chi connectivity index (χ0v) is 8.45. The highest BCUT2D eigenvalue weighted by atomic mass is 79.9. The van der Waals surface area contributed by atoms with Crippen LogP contribution in [0, 0.1) is 0 Å². The van der Waals surface area contributed by atoms with Crippen LogP contribution in [0.15, 0.2) is 36.4 Å². The number of hydrogen-bond acceptors (Lipinski definition) is 2. The minimum atomic E-state index is -0.241. The maximum Gasteiger partial charge on any atom is 0.316 e. The molecule has 0 spiro atoms. The lowest BCUT2D eigenvalue weighted by Gasteiger charge is -1.86. The van der Waals surface area contributed by atoms with Crippen molar-refractivity contribution in [3.8, 4) is 0 Å². The average Bonchev–Trinajstić information content (AvgIpc) is 2.20. The molecule has 0 unspecified atom stereocenters. The number of rotatable bonds is 1. The number of benzene rings is 1. The Balaban J connectivity index is 0.000000202. The van der Waals surface area contributed by atoms with Crippen molar-refractivity contribution >= 4 is 21.9 Å². The maximum atomic E-state index is 9.91. The molecule has 0 fully saturated rings. The monoisotopic (exact) mass is 230 g/mol. The normalized spacial score (nSPS) is 7.83. The zero-order chi connectivity index (χ0) is 9.23. The average molecular weight is 231 g/mol. The van der Waals surface area contributed by atoms with Crippen LogP contribution in [0.2, 0.25) is 0 Å². The summed E-state index contributed by atoms with van der Waals surface area (Å²) in [6.45, 7) is 0. The lowest BCUT2D eigenvalue weighted by molar-refractivity contribution is -0.137. The van der Waals surface area contributed by atoms with Crippen LogP contribution in [-0.4, -0.2) is 18.4 Å². The quantitative estimate of drug-likeness (QED) is 0.547. The van der Waals surface area contributed by atoms with Crippen LogP contribution in [0.1, 0.15) is 0 Å². The molecule has 66 valence electrons. The first kappa shape index (κ1) is 11.2. The Bertz CT molecular complexity index is 166. The minimum Gasteiger partial charge on any atom is -0.468 e. The Labute approximate surface area is 80.7 Å². The molecule has 0 amide bonds. The highest BCUT2D eigenvalue weighted by Crippen LogP contribution is 1.80. The van der Waals surface area contributed by atoms with E-state index >= 15 is 0 Å². The van der Waals surface area contributed by atoms with Gasteiger partial charge >= 0.3 is 5.97 Å². The Kier molecular flexibility index (Phi) is 7.70. The lowest BCUT2D eigenvalue weighted by atomic mass is 10.4. The predicted molar refractivity (Wildman–Crippen MR) is 52.3 cm³/mol. The van der Waals surface area contributed by atoms with Crippen LogP contribution in [0.5, 0.6) is 0 Å². The second-order valence-electron chi connectivity index (χ2n) is 1.86. The van der Waals surface area contributed by atoms with E-state index in [1.54, 1.807) is 0 Å². The molecule has 0 atom stereocenters. The third-order valence-electron chi connectivity index (χ3n) is 1.00. The molecule has 0 N–H and O–H groups in total. The van der Waals surface area contributed by atoms with Crippen LogP contribution in [0.3, 0.4) is 0 Å². The summed E-state index contributed by atoms with van der Waals surface area (Å²) in [7, 11) is 1.35. The molecule has 12 heavy (non-hydrogen) atoms. The number of esters is 1. The van der Waals surface area contributed by atoms with Gasteiger partial charge in [0.2, 0.25) is 0 Å². The molecule has 0 radical (unpaired) electrons. The summed E-state index contributed by atoms with van der Waals surface area (Å²) in [5.41, 5.74) is 0. The van der Waals surface area contributed by atoms with Crippen LogP contribution in [0.25, 0.3) is 0 Å². The van der Waals surface area contributed by atoms with Gasteiger partial charge in [0.15, 0.2) is 0 Å². The summed E-state index contributed by atoms with van der Waals surface area (Å²) in [5.74, 6) is -0.241. The number of halogens is 1. The summed E-state index contributed by atoms with van der Waals surface area (Å²) in [5, 5.41) is 0.281. The molecule has 1 aromatic carbocycles. The number of carbonyl (C=O) groups excluding carboxylic acids is 1. The second kappa shape index (κ2) is 8.27. The van der Waals surface area contributed by atoms with Gasteiger partial charge in [0.05, 0.1) is 7.11 Å². The third-order valence-corrected chi connectivity index (χ3v) is 1.46. The van der Waals surface area contributed by atoms with Gasteiger partial charge < -0.3 is 4.74 Å². The highest BCUT2D eigenvalue weighted by molar-refractivity contribution is 9.09. The molecule has 1 rings (SSSR count). The van der Waals surface area contributed by atoms with Gasteiger partial charge in [-0.1, -0.05) is 52.3 Å². The molecule has 0 aliphatic heterocycles. The van der Waals surface area contributed by atoms with E-state index < -0.39 is 0 Å². The van der Waals surface area contributed by atoms with Gasteiger partial charge in [-0.15, -0.1) is 0 Å². The van der Waals surface area contributed by atoms with Crippen molar-refractivity contribution in [1.29, 1.82) is 0 Å². The van der Waals surface area contributed by atoms with Gasteiger partial charge in [-0.3, -0.25) is 4.79 Å². The van der Waals surface area contributed by atoms with E-state index in [-0.39, 0.29) is 11.3 Å². The molecule has 0 saturated heterocycles. The Hall–Kier alpha value is -0.830. The molecule has 2 nitrogen and oxygen atoms in total. The van der Waals surface area contributed by atoms with E-state index in [0.717, 1.165) is 0 Å². The first-order valence-electron chi connectivity index (χ1n) is 3.44. The van der Waals surface area contributed by atoms with Crippen LogP contribution >= 0.6 is 15.9 Å². The number of alkyl halides is 1. The molecule has 3 heteroatoms. The zero-order valence-electron chi connectivity index (χ0n) is 6.87. The smallest absolute Gasteiger partial charge is 0.316 e. The fourth-order valence-electron chi connectivity index (χ4n) is 0.439. The van der Waals surface area contributed by atoms with E-state index in [1.165, 1.54) is 7.11 Å². The number of methoxy groups -OCH3 is 1. The summed E-state index contributed by atoms with van der Waals surface area (Å²) in [6.07, 6.45) is 0. The topological polar surface area (TPSA) is 26.3 Å². The largest absolute Gasteiger partial charge is 0.468 e. The Morgan fingerprint density at radius 1 is 1.17 bits per heavy atom. The van der Waals surface area contributed by atoms with Crippen LogP contribution in [-0.2, 0) is 9.53 Å². The molecule has 0 heterocycles. The van der Waals surface area contributed by atoms with Gasteiger partial charge in [-0.2, -0.15) is 0 Å². The van der Waals surface area contributed by atoms with Crippen molar-refractivity contribution in [2.75, 3.05) is 12.4 Å². The molecule has 0 aliphatic rings. The molecule has 0 bridgehead atoms. The van der Waals surface area contributed by atoms with Gasteiger partial charge in [-0.25, -0.2) is 0 Å². The van der Waals surface area contributed by atoms with Crippen molar-refractivity contribution in [3.05, 3.63) is 36.4 Å². The predicted octanol–water partition coefficient (Wildman–Crippen LogP) is 2.24. The van der Waals surface area contributed by atoms with Crippen LogP contribution < -0.4 is 0 Å². The number of hydrogen-bond donors (Lipinski definition) is 0. The summed E-state index contributed by atoms with van der Waals surface area (Å²) < 4.78 is 4.21. The molecule has 0 saturated carbocycles. The first-order chi connectivity index (χ1) is 5.81. The lowest BCUT2D eigenvalue weighted by Crippen LogP contribution is -1.99. The van der Waals surface area contributed by atoms with E-state index in [4.69, 9.17) is 0 Å². The number of ether oxygens (including phenoxy) is 1. The Morgan fingerprint density at radius 3 is 1.58 bits per heavy atom. The molecular weight excluding hydrogens is 220 g/mol. The maximum absolute atomic E-state index is 9.91. The molecule has 0 aliphatic carbocycles. The summed E-state index contributed by atoms with van der Waals surface area (Å²) >= 11 is 2.90. The van der Waals surface area contributed by atoms with E-state index in [0.29, 0.717) is 0 Å². The summed E-state index contributed by atoms with van der Waals surface area (Å²) in [4.78, 5) is 9.91. The van der Waals surface area contributed by atoms with Crippen molar-refractivity contribution < 1.29 is 9.53 Å². The van der Waals surface area contributed by atoms with Gasteiger partial charge in [0, 0.05) is 0 Å². The fraction of sp³-hybridized carbons (Fsp3) is 0.222. The van der Waals surface area contributed by atoms with E-state index in [1.807, 2.05) is 36.4 Å². The van der Waals surface area contributed by atoms with Gasteiger partial charge in [0.1, 0.15) is 5.33 Å². The fourth-order valence-corrected chi connectivity index (χ4v) is 0.668. The Morgan fingerprint density at radius 2 is 1.50 bits per heavy atom. The van der Waals surface area contributed by atoms with Gasteiger partial charge in [0.25, 0.3) is 0 Å². The van der Waals surface area contributed by atoms with Gasteiger partial charge in [-0.05, 0) is 0 Å². The van der Waals surface area contributed by atoms with E-state index in [9.17, 15) is 4.79 Å². The molecule has 0 aromatic heterocycles. The van der Waals surface area contributed by atoms with E-state index in [2.05, 4.69) is 20.7 Å². The third kappa shape index (κ3) is 7.28. The highest BCUT2D eigenvalue weighted by Gasteiger charge is 1.89. The van der Waals surface area contributed by atoms with Crippen molar-refractivity contribution in [2.45, 2.75) is 0 Å². The van der Waals surface area contributed by atoms with Crippen molar-refractivity contribution in [1.82, 2.24) is 0 Å². The van der Waals surface area contributed by atoms with Crippen molar-refractivity contribution in [3.63, 3.8) is 0 Å². The second-order valence-corrected chi connectivity index (χ2v) is 2.43. The van der Waals surface area contributed by atoms with Crippen molar-refractivity contribution in [2.24, 2.45) is 0 Å². The SMILES string of the molecule is COC(=O)CBr.c1ccccc1. The molecular formula is C9H11BrO2. The van der Waals surface area contributed by atoms with Crippen LogP contribution in [0.4, 0.5) is 0 Å².